The van der Waals surface area contributed by atoms with Gasteiger partial charge in [-0.1, -0.05) is 48.5 Å². The van der Waals surface area contributed by atoms with Gasteiger partial charge in [-0.25, -0.2) is 4.79 Å². The highest BCUT2D eigenvalue weighted by Gasteiger charge is 2.36. The number of rotatable bonds is 9. The van der Waals surface area contributed by atoms with Gasteiger partial charge >= 0.3 is 12.1 Å². The summed E-state index contributed by atoms with van der Waals surface area (Å²) >= 11 is 0. The molecule has 0 radical (unpaired) electrons. The molecule has 2 aromatic carbocycles. The van der Waals surface area contributed by atoms with Crippen molar-refractivity contribution in [3.63, 3.8) is 0 Å². The molecule has 1 saturated heterocycles. The van der Waals surface area contributed by atoms with Gasteiger partial charge in [-0.2, -0.15) is 0 Å². The summed E-state index contributed by atoms with van der Waals surface area (Å²) in [6.45, 7) is 1.88. The van der Waals surface area contributed by atoms with E-state index in [1.54, 1.807) is 0 Å². The van der Waals surface area contributed by atoms with Crippen LogP contribution in [0.3, 0.4) is 0 Å². The van der Waals surface area contributed by atoms with Crippen molar-refractivity contribution in [3.05, 3.63) is 59.7 Å². The standard InChI is InChI=1S/C26H30N2O7/c1-26(33,12-22(29)30)15-28-24(31)23-16(10-11-34-23)13-27-25(32)35-14-21-19-8-4-2-6-17(19)18-7-3-5-9-20(18)21/h2-9,16,21,23,33H,10-15H2,1H3,(H,27,32)(H,28,31)(H,29,30). The molecule has 3 unspecified atom stereocenters. The Morgan fingerprint density at radius 1 is 1.06 bits per heavy atom. The van der Waals surface area contributed by atoms with E-state index in [0.717, 1.165) is 22.3 Å². The van der Waals surface area contributed by atoms with E-state index in [-0.39, 0.29) is 31.5 Å². The molecule has 2 aromatic rings. The van der Waals surface area contributed by atoms with Gasteiger partial charge in [0.1, 0.15) is 12.7 Å². The van der Waals surface area contributed by atoms with Crippen LogP contribution in [-0.4, -0.2) is 66.2 Å². The van der Waals surface area contributed by atoms with Gasteiger partial charge in [-0.15, -0.1) is 0 Å². The second-order valence-electron chi connectivity index (χ2n) is 9.33. The average Bonchev–Trinajstić information content (AvgIpc) is 3.42. The molecule has 2 amide bonds. The van der Waals surface area contributed by atoms with Crippen LogP contribution in [0.25, 0.3) is 11.1 Å². The van der Waals surface area contributed by atoms with E-state index in [1.807, 2.05) is 36.4 Å². The van der Waals surface area contributed by atoms with Crippen molar-refractivity contribution in [2.75, 3.05) is 26.3 Å². The maximum absolute atomic E-state index is 12.5. The number of hydrogen-bond donors (Lipinski definition) is 4. The topological polar surface area (TPSA) is 134 Å². The molecule has 1 aliphatic carbocycles. The molecular formula is C26H30N2O7. The van der Waals surface area contributed by atoms with E-state index in [9.17, 15) is 19.5 Å². The first-order chi connectivity index (χ1) is 16.7. The third kappa shape index (κ3) is 5.80. The van der Waals surface area contributed by atoms with Crippen molar-refractivity contribution < 1.29 is 34.1 Å². The lowest BCUT2D eigenvalue weighted by Crippen LogP contribution is -2.48. The van der Waals surface area contributed by atoms with Crippen LogP contribution in [0.15, 0.2) is 48.5 Å². The molecular weight excluding hydrogens is 452 g/mol. The summed E-state index contributed by atoms with van der Waals surface area (Å²) in [4.78, 5) is 35.8. The summed E-state index contributed by atoms with van der Waals surface area (Å²) in [7, 11) is 0. The van der Waals surface area contributed by atoms with Crippen LogP contribution in [0.5, 0.6) is 0 Å². The lowest BCUT2D eigenvalue weighted by Gasteiger charge is -2.24. The number of fused-ring (bicyclic) bond motifs is 3. The highest BCUT2D eigenvalue weighted by Crippen LogP contribution is 2.44. The molecule has 9 nitrogen and oxygen atoms in total. The zero-order chi connectivity index (χ0) is 25.0. The first-order valence-electron chi connectivity index (χ1n) is 11.7. The molecule has 4 N–H and O–H groups in total. The number of benzene rings is 2. The van der Waals surface area contributed by atoms with Crippen molar-refractivity contribution >= 4 is 18.0 Å². The van der Waals surface area contributed by atoms with Crippen LogP contribution in [0.2, 0.25) is 0 Å². The number of carbonyl (C=O) groups excluding carboxylic acids is 2. The van der Waals surface area contributed by atoms with E-state index < -0.39 is 36.1 Å². The van der Waals surface area contributed by atoms with E-state index in [2.05, 4.69) is 22.8 Å². The summed E-state index contributed by atoms with van der Waals surface area (Å²) < 4.78 is 11.1. The van der Waals surface area contributed by atoms with Crippen LogP contribution < -0.4 is 10.6 Å². The Bertz CT molecular complexity index is 1060. The van der Waals surface area contributed by atoms with Gasteiger partial charge in [0, 0.05) is 31.5 Å². The lowest BCUT2D eigenvalue weighted by atomic mass is 9.98. The first-order valence-corrected chi connectivity index (χ1v) is 11.7. The molecule has 35 heavy (non-hydrogen) atoms. The Hall–Kier alpha value is -3.43. The van der Waals surface area contributed by atoms with Gasteiger partial charge in [0.25, 0.3) is 0 Å². The molecule has 2 aliphatic rings. The third-order valence-corrected chi connectivity index (χ3v) is 6.50. The summed E-state index contributed by atoms with van der Waals surface area (Å²) in [6.07, 6.45) is -1.29. The van der Waals surface area contributed by atoms with Crippen molar-refractivity contribution in [2.24, 2.45) is 5.92 Å². The minimum atomic E-state index is -1.57. The molecule has 3 atom stereocenters. The molecule has 9 heteroatoms. The molecule has 186 valence electrons. The zero-order valence-electron chi connectivity index (χ0n) is 19.5. The lowest BCUT2D eigenvalue weighted by molar-refractivity contribution is -0.143. The predicted octanol–water partition coefficient (Wildman–Crippen LogP) is 2.27. The van der Waals surface area contributed by atoms with E-state index in [4.69, 9.17) is 14.6 Å². The van der Waals surface area contributed by atoms with Crippen LogP contribution in [0, 0.1) is 5.92 Å². The SMILES string of the molecule is CC(O)(CNC(=O)C1OCCC1CNC(=O)OCC1c2ccccc2-c2ccccc21)CC(=O)O. The van der Waals surface area contributed by atoms with Crippen LogP contribution in [-0.2, 0) is 19.1 Å². The van der Waals surface area contributed by atoms with Gasteiger partial charge in [0.05, 0.1) is 12.0 Å². The van der Waals surface area contributed by atoms with Crippen molar-refractivity contribution in [1.82, 2.24) is 10.6 Å². The minimum Gasteiger partial charge on any atom is -0.481 e. The molecule has 0 spiro atoms. The largest absolute Gasteiger partial charge is 0.481 e. The predicted molar refractivity (Wildman–Crippen MR) is 127 cm³/mol. The van der Waals surface area contributed by atoms with Crippen molar-refractivity contribution in [1.29, 1.82) is 0 Å². The van der Waals surface area contributed by atoms with E-state index in [0.29, 0.717) is 13.0 Å². The van der Waals surface area contributed by atoms with E-state index >= 15 is 0 Å². The third-order valence-electron chi connectivity index (χ3n) is 6.50. The number of carboxylic acid groups (broad SMARTS) is 1. The number of amides is 2. The van der Waals surface area contributed by atoms with Gasteiger partial charge in [-0.3, -0.25) is 9.59 Å². The van der Waals surface area contributed by atoms with Gasteiger partial charge in [-0.05, 0) is 35.6 Å². The van der Waals surface area contributed by atoms with Crippen molar-refractivity contribution in [2.45, 2.75) is 37.4 Å². The quantitative estimate of drug-likeness (QED) is 0.431. The molecule has 4 rings (SSSR count). The van der Waals surface area contributed by atoms with Gasteiger partial charge in [0.2, 0.25) is 5.91 Å². The molecule has 1 fully saturated rings. The number of ether oxygens (including phenoxy) is 2. The normalized spacial score (nSPS) is 20.4. The van der Waals surface area contributed by atoms with Crippen molar-refractivity contribution in [3.8, 4) is 11.1 Å². The average molecular weight is 483 g/mol. The van der Waals surface area contributed by atoms with Gasteiger partial charge in [0.15, 0.2) is 0 Å². The molecule has 0 bridgehead atoms. The Balaban J connectivity index is 1.27. The van der Waals surface area contributed by atoms with Crippen LogP contribution >= 0.6 is 0 Å². The van der Waals surface area contributed by atoms with Crippen LogP contribution in [0.1, 0.15) is 36.8 Å². The number of alkyl carbamates (subject to hydrolysis) is 1. The summed E-state index contributed by atoms with van der Waals surface area (Å²) in [5.74, 6) is -1.92. The highest BCUT2D eigenvalue weighted by molar-refractivity contribution is 5.82. The van der Waals surface area contributed by atoms with Crippen LogP contribution in [0.4, 0.5) is 4.79 Å². The summed E-state index contributed by atoms with van der Waals surface area (Å²) in [5.41, 5.74) is 2.98. The highest BCUT2D eigenvalue weighted by atomic mass is 16.5. The Morgan fingerprint density at radius 2 is 1.69 bits per heavy atom. The summed E-state index contributed by atoms with van der Waals surface area (Å²) in [5, 5.41) is 24.2. The molecule has 1 heterocycles. The minimum absolute atomic E-state index is 0.0416. The Labute approximate surface area is 203 Å². The Morgan fingerprint density at radius 3 is 2.31 bits per heavy atom. The van der Waals surface area contributed by atoms with Gasteiger partial charge < -0.3 is 30.3 Å². The fourth-order valence-electron chi connectivity index (χ4n) is 4.76. The smallest absolute Gasteiger partial charge is 0.407 e. The second kappa shape index (κ2) is 10.5. The number of carbonyl (C=O) groups is 3. The summed E-state index contributed by atoms with van der Waals surface area (Å²) in [6, 6.07) is 16.2. The number of aliphatic hydroxyl groups is 1. The number of nitrogens with one attached hydrogen (secondary N) is 2. The molecule has 0 saturated carbocycles. The molecule has 0 aromatic heterocycles. The number of carboxylic acids is 1. The number of hydrogen-bond acceptors (Lipinski definition) is 6. The van der Waals surface area contributed by atoms with E-state index in [1.165, 1.54) is 6.92 Å². The first kappa shape index (κ1) is 24.7. The maximum Gasteiger partial charge on any atom is 0.407 e. The number of aliphatic carboxylic acids is 1. The molecule has 1 aliphatic heterocycles. The Kier molecular flexibility index (Phi) is 7.37. The fourth-order valence-corrected chi connectivity index (χ4v) is 4.76. The monoisotopic (exact) mass is 482 g/mol. The second-order valence-corrected chi connectivity index (χ2v) is 9.33. The fraction of sp³-hybridized carbons (Fsp3) is 0.423. The zero-order valence-corrected chi connectivity index (χ0v) is 19.5. The maximum atomic E-state index is 12.5.